The number of benzene rings is 1. The third-order valence-corrected chi connectivity index (χ3v) is 2.05. The molecule has 1 aromatic rings. The summed E-state index contributed by atoms with van der Waals surface area (Å²) in [4.78, 5) is -0.0525. The van der Waals surface area contributed by atoms with E-state index in [1.807, 2.05) is 0 Å². The molecule has 0 aliphatic carbocycles. The maximum atomic E-state index is 12.8. The van der Waals surface area contributed by atoms with Crippen LogP contribution in [0.25, 0.3) is 0 Å². The monoisotopic (exact) mass is 190 g/mol. The summed E-state index contributed by atoms with van der Waals surface area (Å²) in [5, 5.41) is 0. The molecule has 0 bridgehead atoms. The Labute approximate surface area is 70.7 Å². The summed E-state index contributed by atoms with van der Waals surface area (Å²) >= 11 is 0. The fourth-order valence-electron chi connectivity index (χ4n) is 0.769. The Bertz CT molecular complexity index is 352. The van der Waals surface area contributed by atoms with Gasteiger partial charge in [-0.2, -0.15) is 0 Å². The Morgan fingerprint density at radius 2 is 2.08 bits per heavy atom. The van der Waals surface area contributed by atoms with Gasteiger partial charge in [-0.05, 0) is 18.2 Å². The minimum absolute atomic E-state index is 0.0376. The van der Waals surface area contributed by atoms with Crippen molar-refractivity contribution in [3.63, 3.8) is 0 Å². The Morgan fingerprint density at radius 1 is 1.42 bits per heavy atom. The standard InChI is InChI=1S/C7H7FO3S/c1-11-7-3-2-5(12(9)10)4-6(7)8/h2-4,12H,1H3. The highest BCUT2D eigenvalue weighted by Crippen LogP contribution is 2.17. The first kappa shape index (κ1) is 8.99. The van der Waals surface area contributed by atoms with Gasteiger partial charge in [-0.1, -0.05) is 0 Å². The molecule has 3 nitrogen and oxygen atoms in total. The second-order valence-corrected chi connectivity index (χ2v) is 3.11. The van der Waals surface area contributed by atoms with Crippen LogP contribution >= 0.6 is 0 Å². The molecule has 0 N–H and O–H groups in total. The second kappa shape index (κ2) is 3.53. The highest BCUT2D eigenvalue weighted by Gasteiger charge is 2.03. The Morgan fingerprint density at radius 3 is 2.50 bits per heavy atom. The zero-order valence-electron chi connectivity index (χ0n) is 6.28. The van der Waals surface area contributed by atoms with Crippen LogP contribution in [-0.4, -0.2) is 15.5 Å². The molecule has 0 spiro atoms. The van der Waals surface area contributed by atoms with E-state index >= 15 is 0 Å². The molecule has 0 saturated carbocycles. The van der Waals surface area contributed by atoms with E-state index in [9.17, 15) is 12.8 Å². The highest BCUT2D eigenvalue weighted by atomic mass is 32.2. The van der Waals surface area contributed by atoms with E-state index in [1.54, 1.807) is 0 Å². The zero-order chi connectivity index (χ0) is 9.14. The predicted octanol–water partition coefficient (Wildman–Crippen LogP) is 0.805. The van der Waals surface area contributed by atoms with Gasteiger partial charge < -0.3 is 4.74 Å². The van der Waals surface area contributed by atoms with Gasteiger partial charge in [-0.15, -0.1) is 0 Å². The van der Waals surface area contributed by atoms with Crippen molar-refractivity contribution in [2.24, 2.45) is 0 Å². The van der Waals surface area contributed by atoms with Gasteiger partial charge in [0.15, 0.2) is 22.3 Å². The quantitative estimate of drug-likeness (QED) is 0.701. The van der Waals surface area contributed by atoms with Crippen LogP contribution in [0.15, 0.2) is 23.1 Å². The van der Waals surface area contributed by atoms with Gasteiger partial charge in [0, 0.05) is 0 Å². The van der Waals surface area contributed by atoms with Crippen molar-refractivity contribution in [1.29, 1.82) is 0 Å². The average molecular weight is 190 g/mol. The van der Waals surface area contributed by atoms with Crippen LogP contribution in [0.4, 0.5) is 4.39 Å². The molecule has 0 atom stereocenters. The molecular formula is C7H7FO3S. The maximum Gasteiger partial charge on any atom is 0.168 e. The molecule has 1 aromatic carbocycles. The summed E-state index contributed by atoms with van der Waals surface area (Å²) in [6, 6.07) is 3.48. The number of halogens is 1. The first-order valence-electron chi connectivity index (χ1n) is 3.13. The number of methoxy groups -OCH3 is 1. The van der Waals surface area contributed by atoms with Crippen molar-refractivity contribution < 1.29 is 17.5 Å². The Balaban J connectivity index is 3.18. The maximum absolute atomic E-state index is 12.8. The summed E-state index contributed by atoms with van der Waals surface area (Å²) in [5.41, 5.74) is 0. The third kappa shape index (κ3) is 1.73. The van der Waals surface area contributed by atoms with E-state index in [4.69, 9.17) is 0 Å². The summed E-state index contributed by atoms with van der Waals surface area (Å²) in [6.45, 7) is 0. The molecule has 0 unspecified atom stereocenters. The van der Waals surface area contributed by atoms with E-state index in [0.29, 0.717) is 0 Å². The van der Waals surface area contributed by atoms with Crippen LogP contribution in [-0.2, 0) is 10.7 Å². The van der Waals surface area contributed by atoms with Crippen molar-refractivity contribution in [2.75, 3.05) is 7.11 Å². The molecule has 0 fully saturated rings. The minimum Gasteiger partial charge on any atom is -0.494 e. The fraction of sp³-hybridized carbons (Fsp3) is 0.143. The van der Waals surface area contributed by atoms with E-state index in [-0.39, 0.29) is 10.6 Å². The number of hydrogen-bond donors (Lipinski definition) is 1. The molecule has 0 saturated heterocycles. The van der Waals surface area contributed by atoms with E-state index in [1.165, 1.54) is 19.2 Å². The molecule has 0 aromatic heterocycles. The summed E-state index contributed by atoms with van der Waals surface area (Å²) < 4.78 is 38.2. The van der Waals surface area contributed by atoms with Crippen LogP contribution in [0.2, 0.25) is 0 Å². The smallest absolute Gasteiger partial charge is 0.168 e. The molecule has 12 heavy (non-hydrogen) atoms. The van der Waals surface area contributed by atoms with Crippen LogP contribution in [0.1, 0.15) is 0 Å². The van der Waals surface area contributed by atoms with E-state index in [0.717, 1.165) is 6.07 Å². The topological polar surface area (TPSA) is 43.4 Å². The molecule has 0 aliphatic heterocycles. The molecule has 5 heteroatoms. The SMILES string of the molecule is COc1ccc([SH](=O)=O)cc1F. The second-order valence-electron chi connectivity index (χ2n) is 2.08. The van der Waals surface area contributed by atoms with Crippen LogP contribution < -0.4 is 4.74 Å². The largest absolute Gasteiger partial charge is 0.494 e. The minimum atomic E-state index is -2.72. The normalized spacial score (nSPS) is 10.2. The van der Waals surface area contributed by atoms with Crippen molar-refractivity contribution in [3.8, 4) is 5.75 Å². The number of ether oxygens (including phenoxy) is 1. The van der Waals surface area contributed by atoms with Crippen LogP contribution in [0, 0.1) is 5.82 Å². The summed E-state index contributed by atoms with van der Waals surface area (Å²) in [5.74, 6) is -0.634. The predicted molar refractivity (Wildman–Crippen MR) is 41.5 cm³/mol. The van der Waals surface area contributed by atoms with Gasteiger partial charge in [-0.25, -0.2) is 12.8 Å². The van der Waals surface area contributed by atoms with Crippen molar-refractivity contribution >= 4 is 10.7 Å². The first-order chi connectivity index (χ1) is 5.65. The molecular weight excluding hydrogens is 183 g/mol. The molecule has 66 valence electrons. The Kier molecular flexibility index (Phi) is 2.65. The number of thiol groups is 1. The number of hydrogen-bond acceptors (Lipinski definition) is 3. The third-order valence-electron chi connectivity index (χ3n) is 1.35. The van der Waals surface area contributed by atoms with Gasteiger partial charge in [0.1, 0.15) is 0 Å². The summed E-state index contributed by atoms with van der Waals surface area (Å²) in [6.07, 6.45) is 0. The van der Waals surface area contributed by atoms with Crippen molar-refractivity contribution in [2.45, 2.75) is 4.90 Å². The highest BCUT2D eigenvalue weighted by molar-refractivity contribution is 7.72. The van der Waals surface area contributed by atoms with Gasteiger partial charge >= 0.3 is 0 Å². The Hall–Kier alpha value is -1.10. The zero-order valence-corrected chi connectivity index (χ0v) is 7.18. The van der Waals surface area contributed by atoms with Crippen molar-refractivity contribution in [3.05, 3.63) is 24.0 Å². The average Bonchev–Trinajstić information content (AvgIpc) is 2.04. The van der Waals surface area contributed by atoms with E-state index in [2.05, 4.69) is 4.74 Å². The van der Waals surface area contributed by atoms with Crippen molar-refractivity contribution in [1.82, 2.24) is 0 Å². The number of rotatable bonds is 2. The molecule has 1 rings (SSSR count). The molecule has 0 amide bonds. The van der Waals surface area contributed by atoms with Crippen LogP contribution in [0.3, 0.4) is 0 Å². The molecule has 0 radical (unpaired) electrons. The molecule has 0 heterocycles. The lowest BCUT2D eigenvalue weighted by molar-refractivity contribution is 0.385. The van der Waals surface area contributed by atoms with Crippen LogP contribution in [0.5, 0.6) is 5.75 Å². The fourth-order valence-corrected chi connectivity index (χ4v) is 1.18. The van der Waals surface area contributed by atoms with E-state index < -0.39 is 16.5 Å². The molecule has 0 aliphatic rings. The summed E-state index contributed by atoms with van der Waals surface area (Å²) in [7, 11) is -1.41. The first-order valence-corrected chi connectivity index (χ1v) is 4.31. The van der Waals surface area contributed by atoms with Gasteiger partial charge in [-0.3, -0.25) is 0 Å². The van der Waals surface area contributed by atoms with Gasteiger partial charge in [0.2, 0.25) is 0 Å². The lowest BCUT2D eigenvalue weighted by Gasteiger charge is -2.00. The lowest BCUT2D eigenvalue weighted by atomic mass is 10.3. The van der Waals surface area contributed by atoms with Gasteiger partial charge in [0.25, 0.3) is 0 Å². The lowest BCUT2D eigenvalue weighted by Crippen LogP contribution is -1.89. The van der Waals surface area contributed by atoms with Gasteiger partial charge in [0.05, 0.1) is 12.0 Å².